The molecule has 3 aromatic carbocycles. The number of rotatable bonds is 8. The molecule has 0 saturated heterocycles. The Morgan fingerprint density at radius 3 is 2.25 bits per heavy atom. The van der Waals surface area contributed by atoms with E-state index in [0.29, 0.717) is 16.7 Å². The molecule has 0 radical (unpaired) electrons. The second-order valence-corrected chi connectivity index (χ2v) is 9.38. The topological polar surface area (TPSA) is 83.9 Å². The van der Waals surface area contributed by atoms with Gasteiger partial charge in [-0.25, -0.2) is 22.0 Å². The number of carboxylic acids is 1. The van der Waals surface area contributed by atoms with Crippen LogP contribution in [0.3, 0.4) is 0 Å². The van der Waals surface area contributed by atoms with Crippen LogP contribution in [0.4, 0.5) is 8.78 Å². The average Bonchev–Trinajstić information content (AvgIpc) is 2.72. The van der Waals surface area contributed by atoms with Gasteiger partial charge in [0.2, 0.25) is 16.1 Å². The molecule has 168 valence electrons. The van der Waals surface area contributed by atoms with Gasteiger partial charge in [-0.15, -0.1) is 0 Å². The van der Waals surface area contributed by atoms with Crippen LogP contribution in [0.15, 0.2) is 71.6 Å². The van der Waals surface area contributed by atoms with Gasteiger partial charge in [0, 0.05) is 30.2 Å². The second kappa shape index (κ2) is 9.64. The highest BCUT2D eigenvalue weighted by molar-refractivity contribution is 7.89. The number of ether oxygens (including phenoxy) is 1. The summed E-state index contributed by atoms with van der Waals surface area (Å²) in [4.78, 5) is 11.6. The third-order valence-corrected chi connectivity index (χ3v) is 6.53. The number of carboxylic acid groups (broad SMARTS) is 1. The molecule has 0 spiro atoms. The van der Waals surface area contributed by atoms with Gasteiger partial charge < -0.3 is 9.84 Å². The van der Waals surface area contributed by atoms with Crippen LogP contribution in [0.5, 0.6) is 5.75 Å². The Bertz CT molecular complexity index is 1220. The molecule has 3 rings (SSSR count). The first kappa shape index (κ1) is 23.6. The summed E-state index contributed by atoms with van der Waals surface area (Å²) in [5, 5.41) is 9.71. The molecular formula is C22H18ClF2NO5S. The van der Waals surface area contributed by atoms with E-state index in [1.54, 1.807) is 24.3 Å². The summed E-state index contributed by atoms with van der Waals surface area (Å²) < 4.78 is 58.9. The number of halogens is 3. The number of hydrogen-bond acceptors (Lipinski definition) is 4. The fourth-order valence-electron chi connectivity index (χ4n) is 2.95. The minimum absolute atomic E-state index is 0.0343. The SMILES string of the molecule is CN(Cc1ccc(OC(C(=O)O)c2cc(F)cc(F)c2)cc1)S(=O)(=O)c1cccc(Cl)c1. The van der Waals surface area contributed by atoms with Crippen LogP contribution in [0.2, 0.25) is 5.02 Å². The predicted molar refractivity (Wildman–Crippen MR) is 114 cm³/mol. The zero-order valence-corrected chi connectivity index (χ0v) is 18.3. The van der Waals surface area contributed by atoms with Gasteiger partial charge in [0.25, 0.3) is 0 Å². The van der Waals surface area contributed by atoms with E-state index in [-0.39, 0.29) is 22.8 Å². The number of carbonyl (C=O) groups is 1. The van der Waals surface area contributed by atoms with Crippen LogP contribution in [-0.2, 0) is 21.4 Å². The molecule has 0 amide bonds. The van der Waals surface area contributed by atoms with Gasteiger partial charge in [-0.1, -0.05) is 29.8 Å². The van der Waals surface area contributed by atoms with Crippen molar-refractivity contribution in [2.24, 2.45) is 0 Å². The number of benzene rings is 3. The molecule has 6 nitrogen and oxygen atoms in total. The van der Waals surface area contributed by atoms with Crippen LogP contribution >= 0.6 is 11.6 Å². The molecular weight excluding hydrogens is 464 g/mol. The van der Waals surface area contributed by atoms with Crippen molar-refractivity contribution >= 4 is 27.6 Å². The fourth-order valence-corrected chi connectivity index (χ4v) is 4.41. The maximum atomic E-state index is 13.5. The molecule has 1 atom stereocenters. The smallest absolute Gasteiger partial charge is 0.349 e. The summed E-state index contributed by atoms with van der Waals surface area (Å²) >= 11 is 5.88. The maximum absolute atomic E-state index is 13.5. The third-order valence-electron chi connectivity index (χ3n) is 4.50. The minimum atomic E-state index is -3.78. The van der Waals surface area contributed by atoms with E-state index in [4.69, 9.17) is 16.3 Å². The molecule has 32 heavy (non-hydrogen) atoms. The van der Waals surface area contributed by atoms with Crippen LogP contribution in [0.1, 0.15) is 17.2 Å². The Morgan fingerprint density at radius 2 is 1.69 bits per heavy atom. The highest BCUT2D eigenvalue weighted by atomic mass is 35.5. The van der Waals surface area contributed by atoms with Crippen molar-refractivity contribution in [3.63, 3.8) is 0 Å². The molecule has 1 N–H and O–H groups in total. The van der Waals surface area contributed by atoms with Crippen molar-refractivity contribution in [2.75, 3.05) is 7.05 Å². The highest BCUT2D eigenvalue weighted by Crippen LogP contribution is 2.25. The summed E-state index contributed by atoms with van der Waals surface area (Å²) in [6.45, 7) is 0.0343. The number of hydrogen-bond donors (Lipinski definition) is 1. The van der Waals surface area contributed by atoms with Crippen molar-refractivity contribution in [1.29, 1.82) is 0 Å². The van der Waals surface area contributed by atoms with Crippen molar-refractivity contribution in [1.82, 2.24) is 4.31 Å². The lowest BCUT2D eigenvalue weighted by atomic mass is 10.1. The Kier molecular flexibility index (Phi) is 7.12. The molecule has 0 aliphatic rings. The lowest BCUT2D eigenvalue weighted by Crippen LogP contribution is -2.26. The van der Waals surface area contributed by atoms with Crippen LogP contribution in [0.25, 0.3) is 0 Å². The Labute approximate surface area is 188 Å². The number of sulfonamides is 1. The van der Waals surface area contributed by atoms with Gasteiger partial charge >= 0.3 is 5.97 Å². The summed E-state index contributed by atoms with van der Waals surface area (Å²) in [5.41, 5.74) is 0.417. The van der Waals surface area contributed by atoms with E-state index in [1.165, 1.54) is 31.3 Å². The average molecular weight is 482 g/mol. The van der Waals surface area contributed by atoms with Crippen LogP contribution in [0, 0.1) is 11.6 Å². The highest BCUT2D eigenvalue weighted by Gasteiger charge is 2.24. The van der Waals surface area contributed by atoms with E-state index in [1.807, 2.05) is 0 Å². The molecule has 0 saturated carbocycles. The van der Waals surface area contributed by atoms with E-state index in [0.717, 1.165) is 16.4 Å². The molecule has 1 unspecified atom stereocenters. The van der Waals surface area contributed by atoms with Gasteiger partial charge in [-0.2, -0.15) is 4.31 Å². The standard InChI is InChI=1S/C22H18ClF2NO5S/c1-26(32(29,30)20-4-2-3-16(23)11-20)13-14-5-7-19(8-6-14)31-21(22(27)28)15-9-17(24)12-18(25)10-15/h2-12,21H,13H2,1H3,(H,27,28). The monoisotopic (exact) mass is 481 g/mol. The van der Waals surface area contributed by atoms with Crippen molar-refractivity contribution < 1.29 is 31.8 Å². The molecule has 0 aliphatic carbocycles. The van der Waals surface area contributed by atoms with E-state index in [9.17, 15) is 27.1 Å². The van der Waals surface area contributed by atoms with Crippen LogP contribution in [-0.4, -0.2) is 30.8 Å². The normalized spacial score (nSPS) is 12.5. The molecule has 0 fully saturated rings. The summed E-state index contributed by atoms with van der Waals surface area (Å²) in [7, 11) is -2.36. The third kappa shape index (κ3) is 5.61. The van der Waals surface area contributed by atoms with E-state index >= 15 is 0 Å². The lowest BCUT2D eigenvalue weighted by molar-refractivity contribution is -0.145. The molecule has 0 aliphatic heterocycles. The number of nitrogens with zero attached hydrogens (tertiary/aromatic N) is 1. The van der Waals surface area contributed by atoms with Crippen molar-refractivity contribution in [3.8, 4) is 5.75 Å². The molecule has 0 heterocycles. The van der Waals surface area contributed by atoms with Gasteiger partial charge in [-0.05, 0) is 48.0 Å². The fraction of sp³-hybridized carbons (Fsp3) is 0.136. The van der Waals surface area contributed by atoms with Gasteiger partial charge in [0.15, 0.2) is 0 Å². The first-order chi connectivity index (χ1) is 15.1. The van der Waals surface area contributed by atoms with E-state index in [2.05, 4.69) is 0 Å². The van der Waals surface area contributed by atoms with Gasteiger partial charge in [-0.3, -0.25) is 0 Å². The second-order valence-electron chi connectivity index (χ2n) is 6.90. The van der Waals surface area contributed by atoms with E-state index < -0.39 is 33.7 Å². The molecule has 3 aromatic rings. The predicted octanol–water partition coefficient (Wildman–Crippen LogP) is 4.64. The molecule has 0 bridgehead atoms. The Balaban J connectivity index is 1.74. The summed E-state index contributed by atoms with van der Waals surface area (Å²) in [6, 6.07) is 14.3. The molecule has 10 heteroatoms. The van der Waals surface area contributed by atoms with Crippen molar-refractivity contribution in [2.45, 2.75) is 17.5 Å². The maximum Gasteiger partial charge on any atom is 0.349 e. The molecule has 0 aromatic heterocycles. The number of aliphatic carboxylic acids is 1. The summed E-state index contributed by atoms with van der Waals surface area (Å²) in [5.74, 6) is -3.14. The lowest BCUT2D eigenvalue weighted by Gasteiger charge is -2.18. The first-order valence-electron chi connectivity index (χ1n) is 9.22. The van der Waals surface area contributed by atoms with Gasteiger partial charge in [0.1, 0.15) is 17.4 Å². The Morgan fingerprint density at radius 1 is 1.06 bits per heavy atom. The van der Waals surface area contributed by atoms with Gasteiger partial charge in [0.05, 0.1) is 4.90 Å². The van der Waals surface area contributed by atoms with Crippen LogP contribution < -0.4 is 4.74 Å². The zero-order valence-electron chi connectivity index (χ0n) is 16.7. The largest absolute Gasteiger partial charge is 0.478 e. The first-order valence-corrected chi connectivity index (χ1v) is 11.0. The zero-order chi connectivity index (χ0) is 23.5. The Hall–Kier alpha value is -3.01. The quantitative estimate of drug-likeness (QED) is 0.506. The van der Waals surface area contributed by atoms with Crippen molar-refractivity contribution in [3.05, 3.63) is 94.5 Å². The summed E-state index contributed by atoms with van der Waals surface area (Å²) in [6.07, 6.45) is -1.63. The minimum Gasteiger partial charge on any atom is -0.478 e.